The summed E-state index contributed by atoms with van der Waals surface area (Å²) >= 11 is 0. The van der Waals surface area contributed by atoms with Gasteiger partial charge >= 0.3 is 5.69 Å². The fourth-order valence-electron chi connectivity index (χ4n) is 2.20. The van der Waals surface area contributed by atoms with E-state index in [1.54, 1.807) is 11.6 Å². The van der Waals surface area contributed by atoms with Crippen molar-refractivity contribution in [1.29, 1.82) is 0 Å². The van der Waals surface area contributed by atoms with Crippen LogP contribution in [0.5, 0.6) is 0 Å². The summed E-state index contributed by atoms with van der Waals surface area (Å²) in [6.07, 6.45) is 3.90. The Morgan fingerprint density at radius 3 is 2.65 bits per heavy atom. The van der Waals surface area contributed by atoms with E-state index >= 15 is 0 Å². The van der Waals surface area contributed by atoms with Crippen LogP contribution in [0.1, 0.15) is 45.2 Å². The number of hydrogen-bond donors (Lipinski definition) is 2. The van der Waals surface area contributed by atoms with Crippen LogP contribution in [0.3, 0.4) is 0 Å². The summed E-state index contributed by atoms with van der Waals surface area (Å²) in [5, 5.41) is 18.7. The van der Waals surface area contributed by atoms with Crippen molar-refractivity contribution in [3.05, 3.63) is 15.8 Å². The Kier molecular flexibility index (Phi) is 6.44. The molecule has 1 aromatic heterocycles. The zero-order chi connectivity index (χ0) is 15.1. The number of nitrogens with zero attached hydrogens (tertiary/aromatic N) is 3. The van der Waals surface area contributed by atoms with Crippen LogP contribution in [0.4, 0.5) is 11.5 Å². The van der Waals surface area contributed by atoms with Crippen LogP contribution in [-0.2, 0) is 6.54 Å². The molecule has 0 saturated carbocycles. The van der Waals surface area contributed by atoms with Gasteiger partial charge < -0.3 is 11.1 Å². The highest BCUT2D eigenvalue weighted by atomic mass is 16.6. The van der Waals surface area contributed by atoms with Crippen molar-refractivity contribution >= 4 is 11.5 Å². The lowest BCUT2D eigenvalue weighted by Crippen LogP contribution is -2.30. The van der Waals surface area contributed by atoms with Crippen molar-refractivity contribution in [1.82, 2.24) is 9.78 Å². The standard InChI is InChI=1S/C13H25N5O2/c1-4-6-7-11(9-14)15-13-12(18(19)20)10(3)16-17(13)8-5-2/h11,15H,4-9,14H2,1-3H3. The normalized spacial score (nSPS) is 12.4. The highest BCUT2D eigenvalue weighted by Gasteiger charge is 2.26. The minimum atomic E-state index is -0.371. The maximum absolute atomic E-state index is 11.2. The van der Waals surface area contributed by atoms with Crippen molar-refractivity contribution in [3.8, 4) is 0 Å². The first-order valence-corrected chi connectivity index (χ1v) is 7.23. The number of unbranched alkanes of at least 4 members (excludes halogenated alkanes) is 1. The number of aryl methyl sites for hydroxylation is 2. The van der Waals surface area contributed by atoms with Gasteiger partial charge in [-0.25, -0.2) is 4.68 Å². The van der Waals surface area contributed by atoms with Gasteiger partial charge in [0.25, 0.3) is 0 Å². The number of rotatable bonds is 9. The van der Waals surface area contributed by atoms with Gasteiger partial charge in [0.1, 0.15) is 5.69 Å². The molecular formula is C13H25N5O2. The van der Waals surface area contributed by atoms with E-state index in [-0.39, 0.29) is 16.7 Å². The van der Waals surface area contributed by atoms with Crippen LogP contribution in [0.15, 0.2) is 0 Å². The van der Waals surface area contributed by atoms with E-state index in [4.69, 9.17) is 5.73 Å². The molecule has 0 aliphatic carbocycles. The monoisotopic (exact) mass is 283 g/mol. The fourth-order valence-corrected chi connectivity index (χ4v) is 2.20. The molecule has 7 heteroatoms. The van der Waals surface area contributed by atoms with Crippen LogP contribution >= 0.6 is 0 Å². The van der Waals surface area contributed by atoms with E-state index in [1.807, 2.05) is 6.92 Å². The lowest BCUT2D eigenvalue weighted by molar-refractivity contribution is -0.384. The van der Waals surface area contributed by atoms with Gasteiger partial charge in [-0.2, -0.15) is 5.10 Å². The number of nitrogens with two attached hydrogens (primary N) is 1. The SMILES string of the molecule is CCCCC(CN)Nc1c([N+](=O)[O-])c(C)nn1CCC. The molecule has 1 rings (SSSR count). The topological polar surface area (TPSA) is 99.0 Å². The Bertz CT molecular complexity index is 444. The van der Waals surface area contributed by atoms with Gasteiger partial charge in [-0.05, 0) is 19.8 Å². The quantitative estimate of drug-likeness (QED) is 0.535. The minimum Gasteiger partial charge on any atom is -0.361 e. The van der Waals surface area contributed by atoms with Gasteiger partial charge in [0.05, 0.1) is 4.92 Å². The summed E-state index contributed by atoms with van der Waals surface area (Å²) < 4.78 is 1.68. The molecule has 1 atom stereocenters. The third kappa shape index (κ3) is 3.93. The Balaban J connectivity index is 3.02. The zero-order valence-corrected chi connectivity index (χ0v) is 12.6. The second-order valence-electron chi connectivity index (χ2n) is 4.98. The van der Waals surface area contributed by atoms with E-state index in [1.165, 1.54) is 0 Å². The van der Waals surface area contributed by atoms with Crippen molar-refractivity contribution in [3.63, 3.8) is 0 Å². The summed E-state index contributed by atoms with van der Waals surface area (Å²) in [7, 11) is 0. The summed E-state index contributed by atoms with van der Waals surface area (Å²) in [6.45, 7) is 6.90. The Morgan fingerprint density at radius 1 is 1.45 bits per heavy atom. The number of hydrogen-bond acceptors (Lipinski definition) is 5. The molecule has 0 aliphatic heterocycles. The van der Waals surface area contributed by atoms with Gasteiger partial charge in [-0.3, -0.25) is 10.1 Å². The molecule has 3 N–H and O–H groups in total. The maximum atomic E-state index is 11.2. The molecule has 0 bridgehead atoms. The molecule has 0 fully saturated rings. The first-order valence-electron chi connectivity index (χ1n) is 7.23. The molecule has 0 aliphatic rings. The molecule has 0 spiro atoms. The van der Waals surface area contributed by atoms with Crippen molar-refractivity contribution in [2.45, 2.75) is 59.0 Å². The number of anilines is 1. The molecule has 0 saturated heterocycles. The van der Waals surface area contributed by atoms with E-state index in [0.29, 0.717) is 24.6 Å². The zero-order valence-electron chi connectivity index (χ0n) is 12.6. The van der Waals surface area contributed by atoms with Crippen LogP contribution in [0, 0.1) is 17.0 Å². The molecule has 1 unspecified atom stereocenters. The third-order valence-corrected chi connectivity index (χ3v) is 3.25. The van der Waals surface area contributed by atoms with E-state index in [0.717, 1.165) is 25.7 Å². The Labute approximate surface area is 119 Å². The van der Waals surface area contributed by atoms with Crippen LogP contribution < -0.4 is 11.1 Å². The summed E-state index contributed by atoms with van der Waals surface area (Å²) in [4.78, 5) is 10.9. The largest absolute Gasteiger partial charge is 0.361 e. The van der Waals surface area contributed by atoms with Gasteiger partial charge in [0.2, 0.25) is 5.82 Å². The van der Waals surface area contributed by atoms with E-state index < -0.39 is 0 Å². The van der Waals surface area contributed by atoms with Crippen molar-refractivity contribution in [2.24, 2.45) is 5.73 Å². The van der Waals surface area contributed by atoms with Crippen LogP contribution in [0.2, 0.25) is 0 Å². The lowest BCUT2D eigenvalue weighted by Gasteiger charge is -2.18. The lowest BCUT2D eigenvalue weighted by atomic mass is 10.1. The first kappa shape index (κ1) is 16.4. The predicted octanol–water partition coefficient (Wildman–Crippen LogP) is 2.44. The summed E-state index contributed by atoms with van der Waals surface area (Å²) in [6, 6.07) is 0.0420. The van der Waals surface area contributed by atoms with E-state index in [9.17, 15) is 10.1 Å². The van der Waals surface area contributed by atoms with Gasteiger partial charge in [0.15, 0.2) is 0 Å². The highest BCUT2D eigenvalue weighted by molar-refractivity contribution is 5.60. The molecule has 0 amide bonds. The molecular weight excluding hydrogens is 258 g/mol. The number of nitro groups is 1. The van der Waals surface area contributed by atoms with Gasteiger partial charge in [0, 0.05) is 19.1 Å². The van der Waals surface area contributed by atoms with E-state index in [2.05, 4.69) is 17.3 Å². The molecule has 1 aromatic rings. The number of nitrogens with one attached hydrogen (secondary N) is 1. The van der Waals surface area contributed by atoms with Crippen LogP contribution in [0.25, 0.3) is 0 Å². The molecule has 114 valence electrons. The fraction of sp³-hybridized carbons (Fsp3) is 0.769. The minimum absolute atomic E-state index is 0.0420. The Morgan fingerprint density at radius 2 is 2.15 bits per heavy atom. The number of aromatic nitrogens is 2. The predicted molar refractivity (Wildman–Crippen MR) is 79.9 cm³/mol. The second-order valence-corrected chi connectivity index (χ2v) is 4.98. The van der Waals surface area contributed by atoms with Gasteiger partial charge in [-0.1, -0.05) is 26.7 Å². The molecule has 0 radical (unpaired) electrons. The summed E-state index contributed by atoms with van der Waals surface area (Å²) in [5.74, 6) is 0.487. The molecule has 1 heterocycles. The average Bonchev–Trinajstić information content (AvgIpc) is 2.71. The van der Waals surface area contributed by atoms with Crippen molar-refractivity contribution < 1.29 is 4.92 Å². The second kappa shape index (κ2) is 7.84. The first-order chi connectivity index (χ1) is 9.54. The average molecular weight is 283 g/mol. The van der Waals surface area contributed by atoms with Crippen molar-refractivity contribution in [2.75, 3.05) is 11.9 Å². The maximum Gasteiger partial charge on any atom is 0.333 e. The van der Waals surface area contributed by atoms with Gasteiger partial charge in [-0.15, -0.1) is 0 Å². The highest BCUT2D eigenvalue weighted by Crippen LogP contribution is 2.29. The Hall–Kier alpha value is -1.63. The smallest absolute Gasteiger partial charge is 0.333 e. The van der Waals surface area contributed by atoms with Crippen LogP contribution in [-0.4, -0.2) is 27.3 Å². The molecule has 0 aromatic carbocycles. The molecule has 20 heavy (non-hydrogen) atoms. The molecule has 7 nitrogen and oxygen atoms in total. The summed E-state index contributed by atoms with van der Waals surface area (Å²) in [5.41, 5.74) is 6.26. The third-order valence-electron chi connectivity index (χ3n) is 3.25.